The number of nitrogens with two attached hydrogens (primary N) is 1. The van der Waals surface area contributed by atoms with Gasteiger partial charge < -0.3 is 10.8 Å². The van der Waals surface area contributed by atoms with Crippen LogP contribution in [0.15, 0.2) is 0 Å². The molecule has 1 unspecified atom stereocenters. The lowest BCUT2D eigenvalue weighted by molar-refractivity contribution is 0.0464. The normalized spacial score (nSPS) is 15.3. The second-order valence-corrected chi connectivity index (χ2v) is 4.36. The van der Waals surface area contributed by atoms with Crippen molar-refractivity contribution in [3.63, 3.8) is 0 Å². The van der Waals surface area contributed by atoms with E-state index in [-0.39, 0.29) is 6.54 Å². The number of aromatic nitrogens is 2. The van der Waals surface area contributed by atoms with Gasteiger partial charge >= 0.3 is 0 Å². The quantitative estimate of drug-likeness (QED) is 0.773. The van der Waals surface area contributed by atoms with Gasteiger partial charge in [0, 0.05) is 12.2 Å². The molecule has 0 radical (unpaired) electrons. The molecule has 0 bridgehead atoms. The molecule has 1 aromatic heterocycles. The molecular weight excluding hydrogens is 190 g/mol. The van der Waals surface area contributed by atoms with E-state index in [1.54, 1.807) is 6.92 Å². The minimum atomic E-state index is -0.881. The van der Waals surface area contributed by atoms with Gasteiger partial charge in [-0.05, 0) is 32.8 Å². The van der Waals surface area contributed by atoms with Crippen molar-refractivity contribution in [1.29, 1.82) is 0 Å². The average molecular weight is 211 g/mol. The van der Waals surface area contributed by atoms with Gasteiger partial charge in [-0.25, -0.2) is 0 Å². The molecule has 0 spiro atoms. The van der Waals surface area contributed by atoms with E-state index in [1.165, 1.54) is 5.56 Å². The average Bonchev–Trinajstić information content (AvgIpc) is 2.41. The first kappa shape index (κ1) is 12.2. The lowest BCUT2D eigenvalue weighted by atomic mass is 10.1. The van der Waals surface area contributed by atoms with E-state index in [2.05, 4.69) is 12.0 Å². The number of nitrogens with zero attached hydrogens (tertiary/aromatic N) is 2. The summed E-state index contributed by atoms with van der Waals surface area (Å²) in [6.07, 6.45) is 0.975. The number of aryl methyl sites for hydroxylation is 1. The minimum Gasteiger partial charge on any atom is -0.387 e. The molecule has 86 valence electrons. The molecule has 3 N–H and O–H groups in total. The maximum absolute atomic E-state index is 9.89. The zero-order chi connectivity index (χ0) is 11.6. The lowest BCUT2D eigenvalue weighted by Gasteiger charge is -2.21. The molecule has 0 aliphatic carbocycles. The van der Waals surface area contributed by atoms with Gasteiger partial charge in [0.25, 0.3) is 0 Å². The summed E-state index contributed by atoms with van der Waals surface area (Å²) in [4.78, 5) is 0. The van der Waals surface area contributed by atoms with Gasteiger partial charge in [0.15, 0.2) is 0 Å². The highest BCUT2D eigenvalue weighted by atomic mass is 16.3. The van der Waals surface area contributed by atoms with Gasteiger partial charge in [-0.1, -0.05) is 6.92 Å². The van der Waals surface area contributed by atoms with Crippen molar-refractivity contribution >= 4 is 0 Å². The molecular formula is C11H21N3O. The van der Waals surface area contributed by atoms with Crippen molar-refractivity contribution in [2.24, 2.45) is 5.73 Å². The van der Waals surface area contributed by atoms with Crippen LogP contribution in [0.5, 0.6) is 0 Å². The SMILES string of the molecule is CCc1c(C)nn(CC(C)(O)CN)c1C. The summed E-state index contributed by atoms with van der Waals surface area (Å²) in [5.41, 5.74) is 8.05. The van der Waals surface area contributed by atoms with E-state index in [0.29, 0.717) is 6.54 Å². The second kappa shape index (κ2) is 4.33. The third-order valence-electron chi connectivity index (χ3n) is 2.82. The molecule has 1 heterocycles. The first-order valence-corrected chi connectivity index (χ1v) is 5.36. The van der Waals surface area contributed by atoms with E-state index in [1.807, 2.05) is 18.5 Å². The summed E-state index contributed by atoms with van der Waals surface area (Å²) in [5.74, 6) is 0. The molecule has 0 saturated heterocycles. The summed E-state index contributed by atoms with van der Waals surface area (Å²) in [6, 6.07) is 0. The Morgan fingerprint density at radius 3 is 2.47 bits per heavy atom. The fourth-order valence-electron chi connectivity index (χ4n) is 1.79. The van der Waals surface area contributed by atoms with Crippen LogP contribution in [-0.2, 0) is 13.0 Å². The third kappa shape index (κ3) is 2.58. The maximum Gasteiger partial charge on any atom is 0.0936 e. The van der Waals surface area contributed by atoms with Crippen LogP contribution in [0.4, 0.5) is 0 Å². The smallest absolute Gasteiger partial charge is 0.0936 e. The van der Waals surface area contributed by atoms with Crippen molar-refractivity contribution in [2.75, 3.05) is 6.54 Å². The van der Waals surface area contributed by atoms with Crippen molar-refractivity contribution in [3.05, 3.63) is 17.0 Å². The largest absolute Gasteiger partial charge is 0.387 e. The summed E-state index contributed by atoms with van der Waals surface area (Å²) >= 11 is 0. The Morgan fingerprint density at radius 1 is 1.47 bits per heavy atom. The predicted molar refractivity (Wildman–Crippen MR) is 60.8 cm³/mol. The minimum absolute atomic E-state index is 0.243. The van der Waals surface area contributed by atoms with Crippen molar-refractivity contribution < 1.29 is 5.11 Å². The van der Waals surface area contributed by atoms with Crippen LogP contribution in [0, 0.1) is 13.8 Å². The number of rotatable bonds is 4. The number of hydrogen-bond acceptors (Lipinski definition) is 3. The van der Waals surface area contributed by atoms with Crippen molar-refractivity contribution in [2.45, 2.75) is 46.3 Å². The zero-order valence-corrected chi connectivity index (χ0v) is 10.0. The van der Waals surface area contributed by atoms with E-state index in [4.69, 9.17) is 5.73 Å². The monoisotopic (exact) mass is 211 g/mol. The van der Waals surface area contributed by atoms with Gasteiger partial charge in [0.1, 0.15) is 0 Å². The second-order valence-electron chi connectivity index (χ2n) is 4.36. The fourth-order valence-corrected chi connectivity index (χ4v) is 1.79. The molecule has 0 aliphatic heterocycles. The number of aliphatic hydroxyl groups is 1. The standard InChI is InChI=1S/C11H21N3O/c1-5-10-8(2)13-14(9(10)3)7-11(4,15)6-12/h15H,5-7,12H2,1-4H3. The highest BCUT2D eigenvalue weighted by molar-refractivity contribution is 5.24. The van der Waals surface area contributed by atoms with Crippen molar-refractivity contribution in [1.82, 2.24) is 9.78 Å². The van der Waals surface area contributed by atoms with Gasteiger partial charge in [0.2, 0.25) is 0 Å². The Hall–Kier alpha value is -0.870. The third-order valence-corrected chi connectivity index (χ3v) is 2.82. The van der Waals surface area contributed by atoms with Gasteiger partial charge in [-0.15, -0.1) is 0 Å². The van der Waals surface area contributed by atoms with Gasteiger partial charge in [-0.3, -0.25) is 4.68 Å². The molecule has 4 heteroatoms. The summed E-state index contributed by atoms with van der Waals surface area (Å²) in [6.45, 7) is 8.57. The molecule has 0 saturated carbocycles. The predicted octanol–water partition coefficient (Wildman–Crippen LogP) is 0.772. The summed E-state index contributed by atoms with van der Waals surface area (Å²) < 4.78 is 1.85. The molecule has 15 heavy (non-hydrogen) atoms. The molecule has 4 nitrogen and oxygen atoms in total. The first-order chi connectivity index (χ1) is 6.91. The molecule has 1 rings (SSSR count). The molecule has 0 aromatic carbocycles. The van der Waals surface area contributed by atoms with Crippen LogP contribution >= 0.6 is 0 Å². The lowest BCUT2D eigenvalue weighted by Crippen LogP contribution is -2.39. The fraction of sp³-hybridized carbons (Fsp3) is 0.727. The van der Waals surface area contributed by atoms with E-state index in [9.17, 15) is 5.11 Å². The Kier molecular flexibility index (Phi) is 3.52. The van der Waals surface area contributed by atoms with Crippen LogP contribution in [0.3, 0.4) is 0 Å². The Morgan fingerprint density at radius 2 is 2.07 bits per heavy atom. The Balaban J connectivity index is 2.97. The van der Waals surface area contributed by atoms with Crippen LogP contribution in [-0.4, -0.2) is 27.0 Å². The Labute approximate surface area is 91.1 Å². The molecule has 0 amide bonds. The number of hydrogen-bond donors (Lipinski definition) is 2. The summed E-state index contributed by atoms with van der Waals surface area (Å²) in [7, 11) is 0. The molecule has 0 fully saturated rings. The van der Waals surface area contributed by atoms with Crippen LogP contribution in [0.2, 0.25) is 0 Å². The van der Waals surface area contributed by atoms with Gasteiger partial charge in [0.05, 0.1) is 17.8 Å². The first-order valence-electron chi connectivity index (χ1n) is 5.36. The Bertz CT molecular complexity index is 342. The molecule has 1 atom stereocenters. The maximum atomic E-state index is 9.89. The topological polar surface area (TPSA) is 64.1 Å². The van der Waals surface area contributed by atoms with Crippen LogP contribution in [0.1, 0.15) is 30.8 Å². The molecule has 1 aromatic rings. The van der Waals surface area contributed by atoms with E-state index < -0.39 is 5.60 Å². The van der Waals surface area contributed by atoms with Crippen LogP contribution < -0.4 is 5.73 Å². The highest BCUT2D eigenvalue weighted by Gasteiger charge is 2.21. The van der Waals surface area contributed by atoms with Crippen LogP contribution in [0.25, 0.3) is 0 Å². The zero-order valence-electron chi connectivity index (χ0n) is 10.0. The van der Waals surface area contributed by atoms with Crippen molar-refractivity contribution in [3.8, 4) is 0 Å². The molecule has 0 aliphatic rings. The highest BCUT2D eigenvalue weighted by Crippen LogP contribution is 2.15. The van der Waals surface area contributed by atoms with E-state index in [0.717, 1.165) is 17.8 Å². The van der Waals surface area contributed by atoms with E-state index >= 15 is 0 Å². The van der Waals surface area contributed by atoms with Gasteiger partial charge in [-0.2, -0.15) is 5.10 Å². The summed E-state index contributed by atoms with van der Waals surface area (Å²) in [5, 5.41) is 14.3.